The van der Waals surface area contributed by atoms with Crippen molar-refractivity contribution in [3.05, 3.63) is 56.7 Å². The van der Waals surface area contributed by atoms with Gasteiger partial charge in [-0.3, -0.25) is 5.32 Å². The Morgan fingerprint density at radius 3 is 2.89 bits per heavy atom. The van der Waals surface area contributed by atoms with Gasteiger partial charge < -0.3 is 4.74 Å². The van der Waals surface area contributed by atoms with E-state index in [-0.39, 0.29) is 5.97 Å². The van der Waals surface area contributed by atoms with E-state index in [1.54, 1.807) is 11.3 Å². The van der Waals surface area contributed by atoms with E-state index in [0.717, 1.165) is 10.0 Å². The maximum Gasteiger partial charge on any atom is 0.327 e. The molecular weight excluding hydrogens is 326 g/mol. The van der Waals surface area contributed by atoms with Gasteiger partial charge in [0.1, 0.15) is 6.04 Å². The molecule has 0 spiro atoms. The normalized spacial score (nSPS) is 12.1. The SMILES string of the molecule is COC(=O)C(NCc1cccs1)c1cccc(Br)c1. The molecule has 1 N–H and O–H groups in total. The summed E-state index contributed by atoms with van der Waals surface area (Å²) in [5.74, 6) is -0.283. The third-order valence-electron chi connectivity index (χ3n) is 2.68. The van der Waals surface area contributed by atoms with Gasteiger partial charge in [-0.2, -0.15) is 0 Å². The predicted molar refractivity (Wildman–Crippen MR) is 80.1 cm³/mol. The van der Waals surface area contributed by atoms with Crippen LogP contribution in [0.1, 0.15) is 16.5 Å². The number of hydrogen-bond acceptors (Lipinski definition) is 4. The molecule has 3 nitrogen and oxygen atoms in total. The van der Waals surface area contributed by atoms with E-state index in [4.69, 9.17) is 4.74 Å². The molecule has 19 heavy (non-hydrogen) atoms. The zero-order valence-corrected chi connectivity index (χ0v) is 12.8. The molecule has 0 aliphatic heterocycles. The van der Waals surface area contributed by atoms with Crippen LogP contribution in [0.2, 0.25) is 0 Å². The molecule has 0 bridgehead atoms. The van der Waals surface area contributed by atoms with Crippen LogP contribution in [-0.2, 0) is 16.1 Å². The number of halogens is 1. The highest BCUT2D eigenvalue weighted by atomic mass is 79.9. The number of carbonyl (C=O) groups excluding carboxylic acids is 1. The lowest BCUT2D eigenvalue weighted by Crippen LogP contribution is -2.29. The van der Waals surface area contributed by atoms with Crippen molar-refractivity contribution in [1.82, 2.24) is 5.32 Å². The summed E-state index contributed by atoms with van der Waals surface area (Å²) < 4.78 is 5.80. The van der Waals surface area contributed by atoms with E-state index < -0.39 is 6.04 Å². The van der Waals surface area contributed by atoms with Crippen molar-refractivity contribution in [1.29, 1.82) is 0 Å². The Kier molecular flexibility index (Phi) is 5.13. The summed E-state index contributed by atoms with van der Waals surface area (Å²) in [6.07, 6.45) is 0. The molecule has 0 fully saturated rings. The van der Waals surface area contributed by atoms with Crippen LogP contribution < -0.4 is 5.32 Å². The van der Waals surface area contributed by atoms with Crippen molar-refractivity contribution in [2.24, 2.45) is 0 Å². The first kappa shape index (κ1) is 14.2. The minimum absolute atomic E-state index is 0.283. The number of esters is 1. The van der Waals surface area contributed by atoms with Crippen LogP contribution in [0.3, 0.4) is 0 Å². The van der Waals surface area contributed by atoms with Gasteiger partial charge in [0.05, 0.1) is 7.11 Å². The Morgan fingerprint density at radius 1 is 1.42 bits per heavy atom. The number of benzene rings is 1. The van der Waals surface area contributed by atoms with E-state index in [1.807, 2.05) is 41.8 Å². The molecule has 5 heteroatoms. The van der Waals surface area contributed by atoms with Crippen molar-refractivity contribution >= 4 is 33.2 Å². The summed E-state index contributed by atoms with van der Waals surface area (Å²) >= 11 is 5.07. The molecule has 0 saturated heterocycles. The second-order valence-electron chi connectivity index (χ2n) is 3.97. The number of carbonyl (C=O) groups is 1. The van der Waals surface area contributed by atoms with Gasteiger partial charge in [0.25, 0.3) is 0 Å². The first-order valence-corrected chi connectivity index (χ1v) is 7.47. The van der Waals surface area contributed by atoms with Crippen molar-refractivity contribution in [2.45, 2.75) is 12.6 Å². The van der Waals surface area contributed by atoms with Gasteiger partial charge >= 0.3 is 5.97 Å². The van der Waals surface area contributed by atoms with E-state index in [0.29, 0.717) is 6.54 Å². The average molecular weight is 340 g/mol. The topological polar surface area (TPSA) is 38.3 Å². The van der Waals surface area contributed by atoms with E-state index >= 15 is 0 Å². The first-order valence-electron chi connectivity index (χ1n) is 5.80. The fraction of sp³-hybridized carbons (Fsp3) is 0.214. The maximum absolute atomic E-state index is 11.9. The molecule has 1 unspecified atom stereocenters. The number of ether oxygens (including phenoxy) is 1. The lowest BCUT2D eigenvalue weighted by molar-refractivity contribution is -0.143. The number of rotatable bonds is 5. The van der Waals surface area contributed by atoms with Crippen LogP contribution in [0.25, 0.3) is 0 Å². The minimum Gasteiger partial charge on any atom is -0.468 e. The molecule has 0 aliphatic carbocycles. The molecule has 1 heterocycles. The Labute approximate surface area is 124 Å². The summed E-state index contributed by atoms with van der Waals surface area (Å²) in [7, 11) is 1.40. The van der Waals surface area contributed by atoms with Crippen LogP contribution in [0.5, 0.6) is 0 Å². The molecule has 100 valence electrons. The van der Waals surface area contributed by atoms with E-state index in [2.05, 4.69) is 21.2 Å². The summed E-state index contributed by atoms with van der Waals surface area (Å²) in [4.78, 5) is 13.1. The molecule has 2 aromatic rings. The second kappa shape index (κ2) is 6.84. The van der Waals surface area contributed by atoms with Crippen molar-refractivity contribution in [3.63, 3.8) is 0 Å². The largest absolute Gasteiger partial charge is 0.468 e. The number of thiophene rings is 1. The quantitative estimate of drug-likeness (QED) is 0.847. The van der Waals surface area contributed by atoms with Crippen LogP contribution in [0.15, 0.2) is 46.3 Å². The van der Waals surface area contributed by atoms with Crippen molar-refractivity contribution in [2.75, 3.05) is 7.11 Å². The number of methoxy groups -OCH3 is 1. The van der Waals surface area contributed by atoms with Crippen molar-refractivity contribution < 1.29 is 9.53 Å². The summed E-state index contributed by atoms with van der Waals surface area (Å²) in [6, 6.07) is 11.2. The molecule has 0 aliphatic rings. The Hall–Kier alpha value is -1.17. The lowest BCUT2D eigenvalue weighted by atomic mass is 10.1. The average Bonchev–Trinajstić information content (AvgIpc) is 2.92. The van der Waals surface area contributed by atoms with Gasteiger partial charge in [0, 0.05) is 15.9 Å². The maximum atomic E-state index is 11.9. The summed E-state index contributed by atoms with van der Waals surface area (Å²) in [6.45, 7) is 0.643. The molecule has 1 atom stereocenters. The van der Waals surface area contributed by atoms with E-state index in [9.17, 15) is 4.79 Å². The molecule has 0 saturated carbocycles. The second-order valence-corrected chi connectivity index (χ2v) is 5.92. The van der Waals surface area contributed by atoms with Gasteiger partial charge in [-0.25, -0.2) is 4.79 Å². The highest BCUT2D eigenvalue weighted by Gasteiger charge is 2.21. The molecule has 1 aromatic heterocycles. The fourth-order valence-corrected chi connectivity index (χ4v) is 2.83. The monoisotopic (exact) mass is 339 g/mol. The van der Waals surface area contributed by atoms with Crippen molar-refractivity contribution in [3.8, 4) is 0 Å². The highest BCUT2D eigenvalue weighted by Crippen LogP contribution is 2.20. The predicted octanol–water partition coefficient (Wildman–Crippen LogP) is 3.51. The summed E-state index contributed by atoms with van der Waals surface area (Å²) in [5, 5.41) is 5.25. The van der Waals surface area contributed by atoms with Crippen LogP contribution in [0.4, 0.5) is 0 Å². The summed E-state index contributed by atoms with van der Waals surface area (Å²) in [5.41, 5.74) is 0.887. The van der Waals surface area contributed by atoms with Crippen LogP contribution in [0, 0.1) is 0 Å². The fourth-order valence-electron chi connectivity index (χ4n) is 1.76. The van der Waals surface area contributed by atoms with Crippen LogP contribution >= 0.6 is 27.3 Å². The number of nitrogens with one attached hydrogen (secondary N) is 1. The molecule has 0 radical (unpaired) electrons. The molecule has 2 rings (SSSR count). The minimum atomic E-state index is -0.454. The van der Waals surface area contributed by atoms with Gasteiger partial charge in [-0.1, -0.05) is 34.1 Å². The van der Waals surface area contributed by atoms with Gasteiger partial charge in [0.15, 0.2) is 0 Å². The zero-order chi connectivity index (χ0) is 13.7. The van der Waals surface area contributed by atoms with Gasteiger partial charge in [-0.15, -0.1) is 11.3 Å². The molecular formula is C14H14BrNO2S. The standard InChI is InChI=1S/C14H14BrNO2S/c1-18-14(17)13(10-4-2-5-11(15)8-10)16-9-12-6-3-7-19-12/h2-8,13,16H,9H2,1H3. The Morgan fingerprint density at radius 2 is 2.26 bits per heavy atom. The van der Waals surface area contributed by atoms with Crippen LogP contribution in [-0.4, -0.2) is 13.1 Å². The smallest absolute Gasteiger partial charge is 0.327 e. The Balaban J connectivity index is 2.14. The lowest BCUT2D eigenvalue weighted by Gasteiger charge is -2.16. The van der Waals surface area contributed by atoms with Gasteiger partial charge in [0.2, 0.25) is 0 Å². The molecule has 0 amide bonds. The first-order chi connectivity index (χ1) is 9.20. The van der Waals surface area contributed by atoms with Gasteiger partial charge in [-0.05, 0) is 29.1 Å². The number of hydrogen-bond donors (Lipinski definition) is 1. The highest BCUT2D eigenvalue weighted by molar-refractivity contribution is 9.10. The third-order valence-corrected chi connectivity index (χ3v) is 4.05. The Bertz CT molecular complexity index is 542. The van der Waals surface area contributed by atoms with E-state index in [1.165, 1.54) is 12.0 Å². The molecule has 1 aromatic carbocycles. The zero-order valence-electron chi connectivity index (χ0n) is 10.4. The third kappa shape index (κ3) is 3.89.